The van der Waals surface area contributed by atoms with Crippen LogP contribution in [0, 0.1) is 0 Å². The summed E-state index contributed by atoms with van der Waals surface area (Å²) in [6.45, 7) is 5.41. The molecule has 4 aromatic carbocycles. The van der Waals surface area contributed by atoms with Crippen LogP contribution in [0.3, 0.4) is 0 Å². The van der Waals surface area contributed by atoms with Crippen molar-refractivity contribution in [1.82, 2.24) is 0 Å². The third-order valence-corrected chi connectivity index (χ3v) is 6.09. The van der Waals surface area contributed by atoms with E-state index in [2.05, 4.69) is 72.8 Å². The van der Waals surface area contributed by atoms with Crippen molar-refractivity contribution in [2.24, 2.45) is 0 Å². The highest BCUT2D eigenvalue weighted by Gasteiger charge is 2.02. The van der Waals surface area contributed by atoms with E-state index in [4.69, 9.17) is 9.47 Å². The molecule has 0 N–H and O–H groups in total. The second-order valence-electron chi connectivity index (χ2n) is 8.52. The summed E-state index contributed by atoms with van der Waals surface area (Å²) in [6.07, 6.45) is 4.63. The zero-order valence-electron chi connectivity index (χ0n) is 20.3. The highest BCUT2D eigenvalue weighted by molar-refractivity contribution is 5.65. The number of hydrogen-bond donors (Lipinski definition) is 0. The summed E-state index contributed by atoms with van der Waals surface area (Å²) in [7, 11) is 0. The molecular weight excluding hydrogens is 416 g/mol. The van der Waals surface area contributed by atoms with Crippen LogP contribution < -0.4 is 9.47 Å². The Kier molecular flexibility index (Phi) is 8.40. The summed E-state index contributed by atoms with van der Waals surface area (Å²) in [5.41, 5.74) is 7.76. The van der Waals surface area contributed by atoms with E-state index in [1.165, 1.54) is 46.2 Å². The van der Waals surface area contributed by atoms with Gasteiger partial charge in [0.05, 0.1) is 13.2 Å². The van der Waals surface area contributed by atoms with Crippen molar-refractivity contribution in [3.63, 3.8) is 0 Å². The lowest BCUT2D eigenvalue weighted by Gasteiger charge is -2.08. The molecule has 0 unspecified atom stereocenters. The fourth-order valence-electron chi connectivity index (χ4n) is 4.21. The van der Waals surface area contributed by atoms with Crippen molar-refractivity contribution in [2.75, 3.05) is 13.2 Å². The molecule has 0 aliphatic heterocycles. The van der Waals surface area contributed by atoms with Gasteiger partial charge in [-0.05, 0) is 97.2 Å². The minimum atomic E-state index is 0.698. The van der Waals surface area contributed by atoms with E-state index in [1.54, 1.807) is 0 Å². The molecule has 0 heterocycles. The Morgan fingerprint density at radius 3 is 1.00 bits per heavy atom. The van der Waals surface area contributed by atoms with Gasteiger partial charge in [0, 0.05) is 0 Å². The monoisotopic (exact) mass is 450 g/mol. The van der Waals surface area contributed by atoms with Crippen molar-refractivity contribution in [3.8, 4) is 33.8 Å². The second kappa shape index (κ2) is 12.1. The Balaban J connectivity index is 1.23. The Morgan fingerprint density at radius 1 is 0.412 bits per heavy atom. The molecule has 4 aromatic rings. The van der Waals surface area contributed by atoms with Crippen molar-refractivity contribution in [3.05, 3.63) is 108 Å². The molecule has 0 bridgehead atoms. The lowest BCUT2D eigenvalue weighted by atomic mass is 9.99. The van der Waals surface area contributed by atoms with Gasteiger partial charge in [-0.25, -0.2) is 0 Å². The van der Waals surface area contributed by atoms with E-state index in [-0.39, 0.29) is 0 Å². The normalized spacial score (nSPS) is 10.8. The molecule has 0 saturated carbocycles. The molecule has 0 amide bonds. The quantitative estimate of drug-likeness (QED) is 0.214. The molecule has 34 heavy (non-hydrogen) atoms. The molecule has 174 valence electrons. The fourth-order valence-corrected chi connectivity index (χ4v) is 4.21. The topological polar surface area (TPSA) is 18.5 Å². The lowest BCUT2D eigenvalue weighted by Crippen LogP contribution is -1.91. The number of benzene rings is 4. The van der Waals surface area contributed by atoms with E-state index < -0.39 is 0 Å². The predicted molar refractivity (Wildman–Crippen MR) is 143 cm³/mol. The van der Waals surface area contributed by atoms with Gasteiger partial charge in [0.1, 0.15) is 11.5 Å². The van der Waals surface area contributed by atoms with Crippen LogP contribution in [0.2, 0.25) is 0 Å². The largest absolute Gasteiger partial charge is 0.494 e. The van der Waals surface area contributed by atoms with Gasteiger partial charge >= 0.3 is 0 Å². The van der Waals surface area contributed by atoms with Gasteiger partial charge < -0.3 is 9.47 Å². The molecule has 4 rings (SSSR count). The second-order valence-corrected chi connectivity index (χ2v) is 8.52. The van der Waals surface area contributed by atoms with Gasteiger partial charge in [0.2, 0.25) is 0 Å². The predicted octanol–water partition coefficient (Wildman–Crippen LogP) is 8.38. The molecular formula is C32H34O2. The van der Waals surface area contributed by atoms with Crippen molar-refractivity contribution < 1.29 is 9.47 Å². The van der Waals surface area contributed by atoms with Crippen LogP contribution in [0.4, 0.5) is 0 Å². The number of unbranched alkanes of at least 4 members (excludes halogenated alkanes) is 1. The van der Waals surface area contributed by atoms with Crippen LogP contribution in [0.1, 0.15) is 37.8 Å². The van der Waals surface area contributed by atoms with E-state index in [0.29, 0.717) is 13.2 Å². The summed E-state index contributed by atoms with van der Waals surface area (Å²) in [5, 5.41) is 0. The number of hydrogen-bond acceptors (Lipinski definition) is 2. The summed E-state index contributed by atoms with van der Waals surface area (Å²) in [5.74, 6) is 1.85. The molecule has 0 radical (unpaired) electrons. The van der Waals surface area contributed by atoms with Gasteiger partial charge in [0.25, 0.3) is 0 Å². The Hall–Kier alpha value is -3.52. The summed E-state index contributed by atoms with van der Waals surface area (Å²) < 4.78 is 11.1. The van der Waals surface area contributed by atoms with Gasteiger partial charge in [0.15, 0.2) is 0 Å². The maximum Gasteiger partial charge on any atom is 0.119 e. The lowest BCUT2D eigenvalue weighted by molar-refractivity contribution is 0.340. The summed E-state index contributed by atoms with van der Waals surface area (Å²) in [6, 6.07) is 34.6. The van der Waals surface area contributed by atoms with E-state index in [1.807, 2.05) is 38.1 Å². The molecule has 0 fully saturated rings. The van der Waals surface area contributed by atoms with Crippen LogP contribution in [0.25, 0.3) is 22.3 Å². The number of ether oxygens (including phenoxy) is 2. The summed E-state index contributed by atoms with van der Waals surface area (Å²) >= 11 is 0. The average Bonchev–Trinajstić information content (AvgIpc) is 2.89. The number of rotatable bonds is 11. The molecule has 2 nitrogen and oxygen atoms in total. The van der Waals surface area contributed by atoms with Crippen molar-refractivity contribution in [2.45, 2.75) is 39.5 Å². The van der Waals surface area contributed by atoms with Crippen LogP contribution >= 0.6 is 0 Å². The molecule has 0 atom stereocenters. The first-order valence-electron chi connectivity index (χ1n) is 12.4. The van der Waals surface area contributed by atoms with Gasteiger partial charge in [-0.3, -0.25) is 0 Å². The Morgan fingerprint density at radius 2 is 0.706 bits per heavy atom. The molecule has 0 spiro atoms. The zero-order valence-corrected chi connectivity index (χ0v) is 20.3. The molecule has 0 saturated heterocycles. The summed E-state index contributed by atoms with van der Waals surface area (Å²) in [4.78, 5) is 0. The van der Waals surface area contributed by atoms with E-state index in [0.717, 1.165) is 24.3 Å². The van der Waals surface area contributed by atoms with E-state index in [9.17, 15) is 0 Å². The molecule has 0 aliphatic carbocycles. The highest BCUT2D eigenvalue weighted by atomic mass is 16.5. The maximum absolute atomic E-state index is 5.54. The fraction of sp³-hybridized carbons (Fsp3) is 0.250. The zero-order chi connectivity index (χ0) is 23.6. The van der Waals surface area contributed by atoms with Gasteiger partial charge in [-0.1, -0.05) is 72.8 Å². The van der Waals surface area contributed by atoms with Gasteiger partial charge in [-0.2, -0.15) is 0 Å². The van der Waals surface area contributed by atoms with Crippen LogP contribution in [-0.2, 0) is 12.8 Å². The first kappa shape index (κ1) is 23.6. The smallest absolute Gasteiger partial charge is 0.119 e. The number of aryl methyl sites for hydroxylation is 2. The third kappa shape index (κ3) is 6.51. The minimum Gasteiger partial charge on any atom is -0.494 e. The van der Waals surface area contributed by atoms with Crippen molar-refractivity contribution in [1.29, 1.82) is 0 Å². The Labute approximate surface area is 204 Å². The van der Waals surface area contributed by atoms with Crippen LogP contribution in [-0.4, -0.2) is 13.2 Å². The first-order valence-corrected chi connectivity index (χ1v) is 12.4. The first-order chi connectivity index (χ1) is 16.7. The van der Waals surface area contributed by atoms with Crippen LogP contribution in [0.15, 0.2) is 97.1 Å². The molecule has 0 aliphatic rings. The average molecular weight is 451 g/mol. The molecule has 0 aromatic heterocycles. The third-order valence-electron chi connectivity index (χ3n) is 6.09. The van der Waals surface area contributed by atoms with Crippen LogP contribution in [0.5, 0.6) is 11.5 Å². The SMILES string of the molecule is CCOc1ccc(-c2ccc(CCCCc3ccc(-c4ccc(OCC)cc4)cc3)cc2)cc1. The van der Waals surface area contributed by atoms with Crippen molar-refractivity contribution >= 4 is 0 Å². The maximum atomic E-state index is 5.54. The Bertz CT molecular complexity index is 1030. The van der Waals surface area contributed by atoms with Gasteiger partial charge in [-0.15, -0.1) is 0 Å². The standard InChI is InChI=1S/C32H34O2/c1-3-33-31-21-17-29(18-22-31)27-13-9-25(10-14-27)7-5-6-8-26-11-15-28(16-12-26)30-19-23-32(24-20-30)34-4-2/h9-24H,3-8H2,1-2H3. The molecule has 2 heteroatoms. The van der Waals surface area contributed by atoms with E-state index >= 15 is 0 Å². The highest BCUT2D eigenvalue weighted by Crippen LogP contribution is 2.25. The minimum absolute atomic E-state index is 0.698.